The zero-order valence-electron chi connectivity index (χ0n) is 17.7. The van der Waals surface area contributed by atoms with E-state index in [2.05, 4.69) is 10.3 Å². The van der Waals surface area contributed by atoms with Crippen molar-refractivity contribution in [2.24, 2.45) is 0 Å². The van der Waals surface area contributed by atoms with Crippen molar-refractivity contribution < 1.29 is 14.3 Å². The van der Waals surface area contributed by atoms with Crippen molar-refractivity contribution in [3.05, 3.63) is 101 Å². The van der Waals surface area contributed by atoms with Gasteiger partial charge in [-0.05, 0) is 35.4 Å². The lowest BCUT2D eigenvalue weighted by molar-refractivity contribution is -0.121. The minimum absolute atomic E-state index is 0.105. The fourth-order valence-electron chi connectivity index (χ4n) is 3.31. The van der Waals surface area contributed by atoms with Crippen LogP contribution < -0.4 is 20.3 Å². The van der Waals surface area contributed by atoms with Gasteiger partial charge >= 0.3 is 0 Å². The number of rotatable bonds is 8. The number of ether oxygens (including phenoxy) is 2. The molecule has 32 heavy (non-hydrogen) atoms. The third-order valence-corrected chi connectivity index (χ3v) is 5.00. The predicted octanol–water partition coefficient (Wildman–Crippen LogP) is 3.30. The van der Waals surface area contributed by atoms with Gasteiger partial charge < -0.3 is 14.8 Å². The summed E-state index contributed by atoms with van der Waals surface area (Å²) in [6, 6.07) is 22.4. The molecule has 7 heteroatoms. The molecule has 4 rings (SSSR count). The van der Waals surface area contributed by atoms with Crippen molar-refractivity contribution in [1.82, 2.24) is 14.9 Å². The van der Waals surface area contributed by atoms with Crippen molar-refractivity contribution in [3.8, 4) is 11.5 Å². The van der Waals surface area contributed by atoms with Crippen molar-refractivity contribution in [2.75, 3.05) is 7.11 Å². The number of aromatic nitrogens is 2. The van der Waals surface area contributed by atoms with E-state index in [1.807, 2.05) is 54.6 Å². The minimum atomic E-state index is -0.285. The summed E-state index contributed by atoms with van der Waals surface area (Å²) in [6.45, 7) is 0.623. The van der Waals surface area contributed by atoms with Crippen LogP contribution in [-0.4, -0.2) is 22.6 Å². The van der Waals surface area contributed by atoms with Gasteiger partial charge in [0.15, 0.2) is 11.5 Å². The summed E-state index contributed by atoms with van der Waals surface area (Å²) in [4.78, 5) is 29.2. The molecule has 1 N–H and O–H groups in total. The first-order chi connectivity index (χ1) is 15.6. The lowest BCUT2D eigenvalue weighted by atomic mass is 10.2. The number of fused-ring (bicyclic) bond motifs is 1. The van der Waals surface area contributed by atoms with Crippen molar-refractivity contribution >= 4 is 16.8 Å². The number of carbonyl (C=O) groups excluding carboxylic acids is 1. The molecule has 0 aliphatic heterocycles. The first-order valence-corrected chi connectivity index (χ1v) is 10.2. The van der Waals surface area contributed by atoms with E-state index in [0.717, 1.165) is 11.1 Å². The maximum atomic E-state index is 12.5. The van der Waals surface area contributed by atoms with E-state index in [1.165, 1.54) is 10.9 Å². The highest BCUT2D eigenvalue weighted by molar-refractivity contribution is 5.78. The summed E-state index contributed by atoms with van der Waals surface area (Å²) in [5, 5.41) is 3.31. The first-order valence-electron chi connectivity index (χ1n) is 10.2. The minimum Gasteiger partial charge on any atom is -0.493 e. The largest absolute Gasteiger partial charge is 0.493 e. The predicted molar refractivity (Wildman–Crippen MR) is 122 cm³/mol. The summed E-state index contributed by atoms with van der Waals surface area (Å²) in [5.74, 6) is 0.926. The van der Waals surface area contributed by atoms with Crippen LogP contribution in [0.4, 0.5) is 0 Å². The smallest absolute Gasteiger partial charge is 0.261 e. The second kappa shape index (κ2) is 9.78. The average Bonchev–Trinajstić information content (AvgIpc) is 2.84. The van der Waals surface area contributed by atoms with E-state index in [0.29, 0.717) is 35.6 Å². The summed E-state index contributed by atoms with van der Waals surface area (Å²) in [6.07, 6.45) is 1.39. The van der Waals surface area contributed by atoms with Gasteiger partial charge in [-0.25, -0.2) is 4.98 Å². The molecule has 1 amide bonds. The van der Waals surface area contributed by atoms with Gasteiger partial charge in [0.05, 0.1) is 24.3 Å². The van der Waals surface area contributed by atoms with Crippen molar-refractivity contribution in [2.45, 2.75) is 19.7 Å². The van der Waals surface area contributed by atoms with E-state index in [-0.39, 0.29) is 18.0 Å². The molecule has 1 heterocycles. The molecule has 4 aromatic rings. The van der Waals surface area contributed by atoms with Gasteiger partial charge in [-0.15, -0.1) is 0 Å². The maximum Gasteiger partial charge on any atom is 0.261 e. The van der Waals surface area contributed by atoms with E-state index < -0.39 is 0 Å². The molecule has 0 spiro atoms. The Morgan fingerprint density at radius 1 is 0.969 bits per heavy atom. The SMILES string of the molecule is COc1cc(CNC(=O)Cn2cnc3ccccc3c2=O)ccc1OCc1ccccc1. The van der Waals surface area contributed by atoms with Crippen LogP contribution in [0.5, 0.6) is 11.5 Å². The third-order valence-electron chi connectivity index (χ3n) is 5.00. The molecule has 0 saturated heterocycles. The first kappa shape index (κ1) is 21.1. The molecule has 0 aliphatic rings. The van der Waals surface area contributed by atoms with E-state index in [4.69, 9.17) is 9.47 Å². The van der Waals surface area contributed by atoms with Crippen LogP contribution in [0.2, 0.25) is 0 Å². The molecular weight excluding hydrogens is 406 g/mol. The van der Waals surface area contributed by atoms with Crippen LogP contribution in [0.15, 0.2) is 83.9 Å². The number of methoxy groups -OCH3 is 1. The Bertz CT molecular complexity index is 1290. The second-order valence-electron chi connectivity index (χ2n) is 7.23. The normalized spacial score (nSPS) is 10.7. The van der Waals surface area contributed by atoms with E-state index >= 15 is 0 Å². The summed E-state index contributed by atoms with van der Waals surface area (Å²) >= 11 is 0. The molecule has 0 unspecified atom stereocenters. The fraction of sp³-hybridized carbons (Fsp3) is 0.160. The molecule has 3 aromatic carbocycles. The molecule has 0 atom stereocenters. The second-order valence-corrected chi connectivity index (χ2v) is 7.23. The molecule has 1 aromatic heterocycles. The van der Waals surface area contributed by atoms with Gasteiger partial charge in [-0.2, -0.15) is 0 Å². The van der Waals surface area contributed by atoms with Crippen LogP contribution in [-0.2, 0) is 24.5 Å². The fourth-order valence-corrected chi connectivity index (χ4v) is 3.31. The Kier molecular flexibility index (Phi) is 6.46. The zero-order valence-corrected chi connectivity index (χ0v) is 17.7. The Hall–Kier alpha value is -4.13. The van der Waals surface area contributed by atoms with Crippen LogP contribution in [0, 0.1) is 0 Å². The number of nitrogens with zero attached hydrogens (tertiary/aromatic N) is 2. The van der Waals surface area contributed by atoms with E-state index in [9.17, 15) is 9.59 Å². The van der Waals surface area contributed by atoms with Crippen LogP contribution >= 0.6 is 0 Å². The summed E-state index contributed by atoms with van der Waals surface area (Å²) in [5.41, 5.74) is 2.28. The van der Waals surface area contributed by atoms with Gasteiger partial charge in [-0.1, -0.05) is 48.5 Å². The van der Waals surface area contributed by atoms with Crippen molar-refractivity contribution in [1.29, 1.82) is 0 Å². The number of benzene rings is 3. The third kappa shape index (κ3) is 4.95. The Labute approximate surface area is 185 Å². The molecule has 0 fully saturated rings. The van der Waals surface area contributed by atoms with Gasteiger partial charge in [0.1, 0.15) is 13.2 Å². The lowest BCUT2D eigenvalue weighted by Gasteiger charge is -2.13. The molecule has 162 valence electrons. The molecule has 0 saturated carbocycles. The maximum absolute atomic E-state index is 12.5. The monoisotopic (exact) mass is 429 g/mol. The van der Waals surface area contributed by atoms with Gasteiger partial charge in [0.2, 0.25) is 5.91 Å². The highest BCUT2D eigenvalue weighted by Gasteiger charge is 2.10. The van der Waals surface area contributed by atoms with E-state index in [1.54, 1.807) is 25.3 Å². The van der Waals surface area contributed by atoms with Crippen LogP contribution in [0.1, 0.15) is 11.1 Å². The topological polar surface area (TPSA) is 82.5 Å². The van der Waals surface area contributed by atoms with Crippen LogP contribution in [0.3, 0.4) is 0 Å². The lowest BCUT2D eigenvalue weighted by Crippen LogP contribution is -2.32. The molecule has 0 aliphatic carbocycles. The standard InChI is InChI=1S/C25H23N3O4/c1-31-23-13-19(11-12-22(23)32-16-18-7-3-2-4-8-18)14-26-24(29)15-28-17-27-21-10-6-5-9-20(21)25(28)30/h2-13,17H,14-16H2,1H3,(H,26,29). The molecule has 0 bridgehead atoms. The number of hydrogen-bond acceptors (Lipinski definition) is 5. The van der Waals surface area contributed by atoms with Crippen molar-refractivity contribution in [3.63, 3.8) is 0 Å². The quantitative estimate of drug-likeness (QED) is 0.465. The molecule has 7 nitrogen and oxygen atoms in total. The summed E-state index contributed by atoms with van der Waals surface area (Å²) in [7, 11) is 1.58. The molecule has 0 radical (unpaired) electrons. The number of hydrogen-bond donors (Lipinski definition) is 1. The Morgan fingerprint density at radius 3 is 2.56 bits per heavy atom. The highest BCUT2D eigenvalue weighted by Crippen LogP contribution is 2.28. The number of nitrogens with one attached hydrogen (secondary N) is 1. The number of para-hydroxylation sites is 1. The average molecular weight is 429 g/mol. The summed E-state index contributed by atoms with van der Waals surface area (Å²) < 4.78 is 12.6. The van der Waals surface area contributed by atoms with Gasteiger partial charge in [-0.3, -0.25) is 14.2 Å². The zero-order chi connectivity index (χ0) is 22.3. The Morgan fingerprint density at radius 2 is 1.75 bits per heavy atom. The van der Waals surface area contributed by atoms with Gasteiger partial charge in [0.25, 0.3) is 5.56 Å². The Balaban J connectivity index is 1.37. The highest BCUT2D eigenvalue weighted by atomic mass is 16.5. The number of amides is 1. The molecular formula is C25H23N3O4. The van der Waals surface area contributed by atoms with Gasteiger partial charge in [0, 0.05) is 6.54 Å². The number of carbonyl (C=O) groups is 1. The van der Waals surface area contributed by atoms with Crippen LogP contribution in [0.25, 0.3) is 10.9 Å².